The first-order valence-electron chi connectivity index (χ1n) is 5.64. The van der Waals surface area contributed by atoms with Crippen molar-refractivity contribution in [1.29, 1.82) is 0 Å². The van der Waals surface area contributed by atoms with E-state index in [1.54, 1.807) is 31.2 Å². The molecule has 2 amide bonds. The molecule has 1 aromatic carbocycles. The summed E-state index contributed by atoms with van der Waals surface area (Å²) in [4.78, 5) is 32.6. The van der Waals surface area contributed by atoms with Gasteiger partial charge in [0.15, 0.2) is 0 Å². The molecule has 1 atom stereocenters. The molecule has 0 aliphatic carbocycles. The van der Waals surface area contributed by atoms with Gasteiger partial charge in [-0.1, -0.05) is 12.1 Å². The largest absolute Gasteiger partial charge is 0.467 e. The lowest BCUT2D eigenvalue weighted by Crippen LogP contribution is -2.51. The first kappa shape index (κ1) is 14.7. The Balaban J connectivity index is 2.87. The maximum Gasteiger partial charge on any atom is 0.331 e. The second-order valence-electron chi connectivity index (χ2n) is 4.22. The van der Waals surface area contributed by atoms with E-state index < -0.39 is 11.5 Å². The fraction of sp³-hybridized carbons (Fsp3) is 0.308. The molecule has 6 heteroatoms. The molecule has 0 fully saturated rings. The minimum atomic E-state index is -1.11. The Hall–Kier alpha value is -2.37. The van der Waals surface area contributed by atoms with E-state index in [9.17, 15) is 14.4 Å². The molecule has 0 spiro atoms. The molecule has 1 aromatic rings. The average Bonchev–Trinajstić information content (AvgIpc) is 2.40. The second-order valence-corrected chi connectivity index (χ2v) is 4.22. The normalized spacial score (nSPS) is 12.9. The van der Waals surface area contributed by atoms with Crippen molar-refractivity contribution in [2.24, 2.45) is 0 Å². The summed E-state index contributed by atoms with van der Waals surface area (Å²) in [7, 11) is 1.27. The van der Waals surface area contributed by atoms with E-state index >= 15 is 0 Å². The zero-order chi connectivity index (χ0) is 14.3. The third-order valence-electron chi connectivity index (χ3n) is 2.75. The van der Waals surface area contributed by atoms with Gasteiger partial charge in [-0.15, -0.1) is 0 Å². The molecule has 19 heavy (non-hydrogen) atoms. The fourth-order valence-electron chi connectivity index (χ4n) is 1.73. The predicted octanol–water partition coefficient (Wildman–Crippen LogP) is 0.475. The third-order valence-corrected chi connectivity index (χ3v) is 2.75. The third kappa shape index (κ3) is 3.80. The quantitative estimate of drug-likeness (QED) is 0.554. The highest BCUT2D eigenvalue weighted by atomic mass is 16.5. The van der Waals surface area contributed by atoms with E-state index in [0.29, 0.717) is 24.9 Å². The monoisotopic (exact) mass is 264 g/mol. The number of nitrogens with one attached hydrogen (secondary N) is 2. The summed E-state index contributed by atoms with van der Waals surface area (Å²) >= 11 is 0. The van der Waals surface area contributed by atoms with Crippen LogP contribution < -0.4 is 10.6 Å². The van der Waals surface area contributed by atoms with E-state index in [0.717, 1.165) is 5.56 Å². The number of benzene rings is 1. The summed E-state index contributed by atoms with van der Waals surface area (Å²) in [5.74, 6) is -0.519. The molecule has 1 rings (SSSR count). The zero-order valence-corrected chi connectivity index (χ0v) is 10.8. The Bertz CT molecular complexity index is 458. The SMILES string of the molecule is COC(=O)[C@](C)(Cc1ccc(NC=O)cc1)NC=O. The maximum atomic E-state index is 11.7. The summed E-state index contributed by atoms with van der Waals surface area (Å²) in [5.41, 5.74) is 0.372. The number of anilines is 1. The highest BCUT2D eigenvalue weighted by molar-refractivity contribution is 5.83. The van der Waals surface area contributed by atoms with Gasteiger partial charge < -0.3 is 15.4 Å². The number of ether oxygens (including phenoxy) is 1. The van der Waals surface area contributed by atoms with Gasteiger partial charge >= 0.3 is 5.97 Å². The summed E-state index contributed by atoms with van der Waals surface area (Å²) in [5, 5.41) is 4.98. The minimum Gasteiger partial charge on any atom is -0.467 e. The number of hydrogen-bond acceptors (Lipinski definition) is 4. The summed E-state index contributed by atoms with van der Waals surface area (Å²) in [6, 6.07) is 6.95. The van der Waals surface area contributed by atoms with Crippen molar-refractivity contribution in [3.63, 3.8) is 0 Å². The van der Waals surface area contributed by atoms with Gasteiger partial charge in [-0.05, 0) is 24.6 Å². The van der Waals surface area contributed by atoms with Crippen LogP contribution >= 0.6 is 0 Å². The van der Waals surface area contributed by atoms with Crippen molar-refractivity contribution in [3.8, 4) is 0 Å². The van der Waals surface area contributed by atoms with Crippen molar-refractivity contribution in [2.75, 3.05) is 12.4 Å². The molecule has 0 saturated carbocycles. The van der Waals surface area contributed by atoms with Crippen molar-refractivity contribution in [3.05, 3.63) is 29.8 Å². The molecule has 6 nitrogen and oxygen atoms in total. The number of carbonyl (C=O) groups excluding carboxylic acids is 3. The average molecular weight is 264 g/mol. The number of esters is 1. The lowest BCUT2D eigenvalue weighted by molar-refractivity contribution is -0.149. The second kappa shape index (κ2) is 6.53. The van der Waals surface area contributed by atoms with Gasteiger partial charge in [-0.2, -0.15) is 0 Å². The molecule has 0 aromatic heterocycles. The minimum absolute atomic E-state index is 0.291. The van der Waals surface area contributed by atoms with Crippen LogP contribution in [-0.2, 0) is 25.5 Å². The fourth-order valence-corrected chi connectivity index (χ4v) is 1.73. The molecule has 0 aliphatic rings. The molecule has 102 valence electrons. The molecule has 2 N–H and O–H groups in total. The van der Waals surface area contributed by atoms with E-state index in [1.165, 1.54) is 7.11 Å². The number of amides is 2. The summed E-state index contributed by atoms with van der Waals surface area (Å²) in [6.45, 7) is 1.59. The van der Waals surface area contributed by atoms with Crippen LogP contribution in [0.1, 0.15) is 12.5 Å². The van der Waals surface area contributed by atoms with E-state index in [-0.39, 0.29) is 0 Å². The zero-order valence-electron chi connectivity index (χ0n) is 10.8. The number of rotatable bonds is 7. The molecule has 0 bridgehead atoms. The van der Waals surface area contributed by atoms with Crippen molar-refractivity contribution >= 4 is 24.5 Å². The Labute approximate surface area is 111 Å². The van der Waals surface area contributed by atoms with Gasteiger partial charge in [0.05, 0.1) is 7.11 Å². The highest BCUT2D eigenvalue weighted by Crippen LogP contribution is 2.17. The van der Waals surface area contributed by atoms with Crippen LogP contribution in [-0.4, -0.2) is 31.4 Å². The van der Waals surface area contributed by atoms with Crippen LogP contribution in [0.15, 0.2) is 24.3 Å². The van der Waals surface area contributed by atoms with Crippen LogP contribution in [0, 0.1) is 0 Å². The van der Waals surface area contributed by atoms with Gasteiger partial charge in [0.2, 0.25) is 12.8 Å². The van der Waals surface area contributed by atoms with E-state index in [1.807, 2.05) is 0 Å². The highest BCUT2D eigenvalue weighted by Gasteiger charge is 2.34. The Kier molecular flexibility index (Phi) is 5.05. The number of carbonyl (C=O) groups is 3. The smallest absolute Gasteiger partial charge is 0.331 e. The number of hydrogen-bond donors (Lipinski definition) is 2. The molecular weight excluding hydrogens is 248 g/mol. The number of methoxy groups -OCH3 is 1. The van der Waals surface area contributed by atoms with Gasteiger partial charge in [0.1, 0.15) is 5.54 Å². The van der Waals surface area contributed by atoms with Crippen LogP contribution in [0.2, 0.25) is 0 Å². The molecule has 0 radical (unpaired) electrons. The first-order valence-corrected chi connectivity index (χ1v) is 5.64. The van der Waals surface area contributed by atoms with Crippen molar-refractivity contribution in [2.45, 2.75) is 18.9 Å². The first-order chi connectivity index (χ1) is 9.05. The van der Waals surface area contributed by atoms with E-state index in [2.05, 4.69) is 15.4 Å². The topological polar surface area (TPSA) is 84.5 Å². The Morgan fingerprint density at radius 3 is 2.37 bits per heavy atom. The predicted molar refractivity (Wildman–Crippen MR) is 69.5 cm³/mol. The van der Waals surface area contributed by atoms with Crippen LogP contribution in [0.25, 0.3) is 0 Å². The van der Waals surface area contributed by atoms with Gasteiger partial charge in [-0.3, -0.25) is 9.59 Å². The lowest BCUT2D eigenvalue weighted by Gasteiger charge is -2.26. The van der Waals surface area contributed by atoms with Gasteiger partial charge in [0, 0.05) is 12.1 Å². The van der Waals surface area contributed by atoms with Gasteiger partial charge in [0.25, 0.3) is 0 Å². The Morgan fingerprint density at radius 1 is 1.26 bits per heavy atom. The van der Waals surface area contributed by atoms with Crippen LogP contribution in [0.5, 0.6) is 0 Å². The molecule has 0 heterocycles. The maximum absolute atomic E-state index is 11.7. The summed E-state index contributed by atoms with van der Waals surface area (Å²) in [6.07, 6.45) is 1.35. The Morgan fingerprint density at radius 2 is 1.89 bits per heavy atom. The molecule has 0 saturated heterocycles. The molecule has 0 unspecified atom stereocenters. The van der Waals surface area contributed by atoms with E-state index in [4.69, 9.17) is 0 Å². The van der Waals surface area contributed by atoms with Crippen molar-refractivity contribution < 1.29 is 19.1 Å². The van der Waals surface area contributed by atoms with Crippen LogP contribution in [0.3, 0.4) is 0 Å². The van der Waals surface area contributed by atoms with Crippen molar-refractivity contribution in [1.82, 2.24) is 5.32 Å². The summed E-state index contributed by atoms with van der Waals surface area (Å²) < 4.78 is 4.68. The molecule has 0 aliphatic heterocycles. The van der Waals surface area contributed by atoms with Gasteiger partial charge in [-0.25, -0.2) is 4.79 Å². The standard InChI is InChI=1S/C13H16N2O4/c1-13(15-9-17,12(18)19-2)7-10-3-5-11(6-4-10)14-8-16/h3-6,8-9H,7H2,1-2H3,(H,14,16)(H,15,17)/t13-/m0/s1. The van der Waals surface area contributed by atoms with Crippen LogP contribution in [0.4, 0.5) is 5.69 Å². The molecular formula is C13H16N2O4. The lowest BCUT2D eigenvalue weighted by atomic mass is 9.93.